The molecule has 0 amide bonds. The predicted molar refractivity (Wildman–Crippen MR) is 70.3 cm³/mol. The van der Waals surface area contributed by atoms with Crippen LogP contribution in [0.25, 0.3) is 0 Å². The van der Waals surface area contributed by atoms with E-state index in [1.807, 2.05) is 0 Å². The van der Waals surface area contributed by atoms with Gasteiger partial charge in [0, 0.05) is 29.8 Å². The molecular weight excluding hydrogens is 244 g/mol. The second kappa shape index (κ2) is 5.75. The maximum atomic E-state index is 2.51. The molecule has 1 aliphatic rings. The van der Waals surface area contributed by atoms with Crippen molar-refractivity contribution in [2.75, 3.05) is 0 Å². The van der Waals surface area contributed by atoms with Crippen molar-refractivity contribution in [1.29, 1.82) is 0 Å². The van der Waals surface area contributed by atoms with E-state index in [0.29, 0.717) is 0 Å². The predicted octanol–water partition coefficient (Wildman–Crippen LogP) is 4.09. The van der Waals surface area contributed by atoms with Crippen LogP contribution in [-0.4, -0.2) is 8.07 Å². The Morgan fingerprint density at radius 3 is 2.56 bits per heavy atom. The van der Waals surface area contributed by atoms with Gasteiger partial charge in [0.25, 0.3) is 0 Å². The molecule has 0 atom stereocenters. The zero-order valence-corrected chi connectivity index (χ0v) is 13.5. The molecule has 0 saturated heterocycles. The Bertz CT molecular complexity index is 315. The van der Waals surface area contributed by atoms with Gasteiger partial charge in [0.15, 0.2) is 0 Å². The van der Waals surface area contributed by atoms with E-state index in [0.717, 1.165) is 0 Å². The van der Waals surface area contributed by atoms with Crippen molar-refractivity contribution in [2.45, 2.75) is 57.8 Å². The van der Waals surface area contributed by atoms with Crippen molar-refractivity contribution in [1.82, 2.24) is 0 Å². The molecule has 0 unspecified atom stereocenters. The number of hydrogen-bond donors (Lipinski definition) is 0. The fraction of sp³-hybridized carbons (Fsp3) is 0.643. The molecule has 2 heteroatoms. The van der Waals surface area contributed by atoms with Gasteiger partial charge < -0.3 is 0 Å². The number of aryl methyl sites for hydroxylation is 2. The molecule has 0 nitrogen and oxygen atoms in total. The average Bonchev–Trinajstić information content (AvgIpc) is 2.58. The fourth-order valence-corrected chi connectivity index (χ4v) is 4.11. The van der Waals surface area contributed by atoms with Crippen molar-refractivity contribution in [3.05, 3.63) is 28.8 Å². The molecule has 0 heterocycles. The third-order valence-corrected chi connectivity index (χ3v) is 7.19. The monoisotopic (exact) mass is 267 g/mol. The summed E-state index contributed by atoms with van der Waals surface area (Å²) < 4.78 is 0. The molecule has 1 aliphatic carbocycles. The first-order valence-corrected chi connectivity index (χ1v) is 9.79. The molecule has 16 heavy (non-hydrogen) atoms. The van der Waals surface area contributed by atoms with Crippen LogP contribution in [0.1, 0.15) is 36.5 Å². The van der Waals surface area contributed by atoms with Gasteiger partial charge in [0.05, 0.1) is 0 Å². The minimum Gasteiger partial charge on any atom is -0.207 e. The van der Waals surface area contributed by atoms with Crippen LogP contribution in [0.2, 0.25) is 19.1 Å². The summed E-state index contributed by atoms with van der Waals surface area (Å²) in [5, 5.41) is 0. The fourth-order valence-electron chi connectivity index (χ4n) is 2.55. The Morgan fingerprint density at radius 1 is 1.25 bits per heavy atom. The normalized spacial score (nSPS) is 15.4. The van der Waals surface area contributed by atoms with Gasteiger partial charge in [-0.25, -0.2) is 6.07 Å². The molecular formula is C14H23SiTi-. The Hall–Kier alpha value is 0.281. The van der Waals surface area contributed by atoms with Crippen LogP contribution in [0.15, 0.2) is 12.1 Å². The molecule has 0 aromatic heterocycles. The summed E-state index contributed by atoms with van der Waals surface area (Å²) in [6, 6.07) is 7.79. The number of fused-ring (bicyclic) bond motifs is 1. The molecule has 1 aromatic carbocycles. The zero-order chi connectivity index (χ0) is 10.9. The van der Waals surface area contributed by atoms with Crippen LogP contribution in [0.4, 0.5) is 0 Å². The van der Waals surface area contributed by atoms with Gasteiger partial charge in [0.1, 0.15) is 0 Å². The molecule has 0 spiro atoms. The standard InChI is InChI=1S/C14H23Si.Ti/c1-4-15(2,3)11-12-9-13-7-5-6-8-14(13)10-12;/h9-10H,4-8,11H2,1-3H3;/q-1;. The summed E-state index contributed by atoms with van der Waals surface area (Å²) in [6.07, 6.45) is 5.49. The van der Waals surface area contributed by atoms with E-state index in [-0.39, 0.29) is 21.7 Å². The van der Waals surface area contributed by atoms with E-state index in [1.165, 1.54) is 37.8 Å². The Labute approximate surface area is 116 Å². The van der Waals surface area contributed by atoms with Crippen molar-refractivity contribution in [2.24, 2.45) is 0 Å². The first-order valence-electron chi connectivity index (χ1n) is 6.38. The van der Waals surface area contributed by atoms with Gasteiger partial charge in [-0.3, -0.25) is 0 Å². The first-order chi connectivity index (χ1) is 7.11. The maximum absolute atomic E-state index is 2.51. The van der Waals surface area contributed by atoms with Crippen LogP contribution >= 0.6 is 0 Å². The minimum atomic E-state index is -0.933. The summed E-state index contributed by atoms with van der Waals surface area (Å²) >= 11 is 0. The van der Waals surface area contributed by atoms with Gasteiger partial charge in [-0.15, -0.1) is 0 Å². The van der Waals surface area contributed by atoms with E-state index in [1.54, 1.807) is 16.7 Å². The smallest absolute Gasteiger partial charge is 0.0493 e. The molecule has 88 valence electrons. The first kappa shape index (κ1) is 14.3. The van der Waals surface area contributed by atoms with Gasteiger partial charge in [0.2, 0.25) is 0 Å². The number of rotatable bonds is 3. The second-order valence-electron chi connectivity index (χ2n) is 5.82. The van der Waals surface area contributed by atoms with Crippen molar-refractivity contribution < 1.29 is 21.7 Å². The van der Waals surface area contributed by atoms with Crippen LogP contribution < -0.4 is 0 Å². The quantitative estimate of drug-likeness (QED) is 0.571. The van der Waals surface area contributed by atoms with Crippen LogP contribution in [0.5, 0.6) is 0 Å². The van der Waals surface area contributed by atoms with Gasteiger partial charge in [-0.2, -0.15) is 22.8 Å². The molecule has 0 N–H and O–H groups in total. The van der Waals surface area contributed by atoms with Gasteiger partial charge in [-0.05, 0) is 0 Å². The van der Waals surface area contributed by atoms with E-state index < -0.39 is 8.07 Å². The van der Waals surface area contributed by atoms with Crippen LogP contribution in [0.3, 0.4) is 0 Å². The maximum Gasteiger partial charge on any atom is 0.0493 e. The third kappa shape index (κ3) is 3.38. The molecule has 2 rings (SSSR count). The van der Waals surface area contributed by atoms with Crippen LogP contribution in [0, 0.1) is 0 Å². The van der Waals surface area contributed by atoms with E-state index in [2.05, 4.69) is 32.2 Å². The van der Waals surface area contributed by atoms with Crippen molar-refractivity contribution >= 4 is 8.07 Å². The van der Waals surface area contributed by atoms with Gasteiger partial charge >= 0.3 is 0 Å². The third-order valence-electron chi connectivity index (χ3n) is 3.91. The SMILES string of the molecule is CC[Si](C)(C)Cc1cc2c([cH-]1)CCCC2.[Ti]. The summed E-state index contributed by atoms with van der Waals surface area (Å²) in [5.41, 5.74) is 4.97. The Balaban J connectivity index is 0.00000128. The molecule has 1 aromatic rings. The molecule has 0 radical (unpaired) electrons. The topological polar surface area (TPSA) is 0 Å². The Kier molecular flexibility index (Phi) is 5.15. The van der Waals surface area contributed by atoms with E-state index in [9.17, 15) is 0 Å². The second-order valence-corrected chi connectivity index (χ2v) is 11.2. The molecule has 0 bridgehead atoms. The minimum absolute atomic E-state index is 0. The summed E-state index contributed by atoms with van der Waals surface area (Å²) in [6.45, 7) is 7.38. The van der Waals surface area contributed by atoms with Crippen LogP contribution in [-0.2, 0) is 40.6 Å². The summed E-state index contributed by atoms with van der Waals surface area (Å²) in [5.74, 6) is 0. The molecule has 0 saturated carbocycles. The zero-order valence-electron chi connectivity index (χ0n) is 10.9. The number of hydrogen-bond acceptors (Lipinski definition) is 0. The molecule has 0 fully saturated rings. The molecule has 0 aliphatic heterocycles. The van der Waals surface area contributed by atoms with Gasteiger partial charge in [-0.1, -0.05) is 57.8 Å². The summed E-state index contributed by atoms with van der Waals surface area (Å²) in [7, 11) is -0.933. The van der Waals surface area contributed by atoms with Crippen molar-refractivity contribution in [3.8, 4) is 0 Å². The summed E-state index contributed by atoms with van der Waals surface area (Å²) in [4.78, 5) is 0. The Morgan fingerprint density at radius 2 is 1.94 bits per heavy atom. The van der Waals surface area contributed by atoms with Crippen molar-refractivity contribution in [3.63, 3.8) is 0 Å². The average molecular weight is 267 g/mol. The largest absolute Gasteiger partial charge is 0.207 e. The van der Waals surface area contributed by atoms with E-state index in [4.69, 9.17) is 0 Å². The van der Waals surface area contributed by atoms with E-state index >= 15 is 0 Å².